The van der Waals surface area contributed by atoms with Crippen LogP contribution >= 0.6 is 0 Å². The third kappa shape index (κ3) is 2.84. The third-order valence-electron chi connectivity index (χ3n) is 3.03. The first kappa shape index (κ1) is 14.9. The van der Waals surface area contributed by atoms with E-state index in [2.05, 4.69) is 4.98 Å². The lowest BCUT2D eigenvalue weighted by atomic mass is 9.99. The molecule has 0 saturated carbocycles. The normalized spacial score (nSPS) is 33.8. The number of rotatable bonds is 4. The van der Waals surface area contributed by atoms with Gasteiger partial charge in [0.1, 0.15) is 24.4 Å². The molecule has 5 unspecified atom stereocenters. The quantitative estimate of drug-likeness (QED) is 0.515. The van der Waals surface area contributed by atoms with Gasteiger partial charge in [0, 0.05) is 6.20 Å². The highest BCUT2D eigenvalue weighted by Crippen LogP contribution is 2.28. The maximum atomic E-state index is 9.84. The van der Waals surface area contributed by atoms with Crippen molar-refractivity contribution in [3.63, 3.8) is 0 Å². The SMILES string of the molecule is COc1cccnc1OC1OC(CO)C(O)C(O)C1O. The second-order valence-electron chi connectivity index (χ2n) is 4.33. The van der Waals surface area contributed by atoms with E-state index in [1.807, 2.05) is 0 Å². The van der Waals surface area contributed by atoms with Crippen LogP contribution in [0.25, 0.3) is 0 Å². The lowest BCUT2D eigenvalue weighted by Gasteiger charge is -2.39. The fourth-order valence-electron chi connectivity index (χ4n) is 1.89. The molecule has 0 spiro atoms. The largest absolute Gasteiger partial charge is 0.491 e. The number of aliphatic hydroxyl groups excluding tert-OH is 4. The van der Waals surface area contributed by atoms with E-state index in [0.29, 0.717) is 5.75 Å². The van der Waals surface area contributed by atoms with Gasteiger partial charge < -0.3 is 34.6 Å². The number of nitrogens with zero attached hydrogens (tertiary/aromatic N) is 1. The number of aliphatic hydroxyl groups is 4. The van der Waals surface area contributed by atoms with E-state index in [-0.39, 0.29) is 5.88 Å². The number of ether oxygens (including phenoxy) is 3. The zero-order valence-corrected chi connectivity index (χ0v) is 10.8. The van der Waals surface area contributed by atoms with Crippen LogP contribution in [0.15, 0.2) is 18.3 Å². The Balaban J connectivity index is 2.15. The second kappa shape index (κ2) is 6.33. The molecule has 1 fully saturated rings. The van der Waals surface area contributed by atoms with Crippen LogP contribution in [-0.4, -0.2) is 69.8 Å². The first-order chi connectivity index (χ1) is 9.58. The molecule has 20 heavy (non-hydrogen) atoms. The first-order valence-corrected chi connectivity index (χ1v) is 6.04. The molecule has 1 aromatic heterocycles. The molecule has 1 aromatic rings. The summed E-state index contributed by atoms with van der Waals surface area (Å²) in [5.41, 5.74) is 0. The van der Waals surface area contributed by atoms with E-state index < -0.39 is 37.3 Å². The van der Waals surface area contributed by atoms with Gasteiger partial charge in [-0.15, -0.1) is 0 Å². The van der Waals surface area contributed by atoms with E-state index >= 15 is 0 Å². The van der Waals surface area contributed by atoms with E-state index in [1.165, 1.54) is 13.3 Å². The summed E-state index contributed by atoms with van der Waals surface area (Å²) in [5.74, 6) is 0.392. The standard InChI is InChI=1S/C12H17NO7/c1-18-6-3-2-4-13-11(6)20-12-10(17)9(16)8(15)7(5-14)19-12/h2-4,7-10,12,14-17H,5H2,1H3. The molecule has 2 rings (SSSR count). The van der Waals surface area contributed by atoms with Crippen LogP contribution < -0.4 is 9.47 Å². The summed E-state index contributed by atoms with van der Waals surface area (Å²) in [6.07, 6.45) is -5.27. The Kier molecular flexibility index (Phi) is 4.73. The summed E-state index contributed by atoms with van der Waals surface area (Å²) >= 11 is 0. The van der Waals surface area contributed by atoms with Crippen molar-refractivity contribution in [2.75, 3.05) is 13.7 Å². The molecule has 1 aliphatic rings. The summed E-state index contributed by atoms with van der Waals surface area (Å²) in [6, 6.07) is 3.24. The van der Waals surface area contributed by atoms with E-state index in [0.717, 1.165) is 0 Å². The van der Waals surface area contributed by atoms with Crippen molar-refractivity contribution in [1.29, 1.82) is 0 Å². The van der Waals surface area contributed by atoms with Crippen molar-refractivity contribution in [3.05, 3.63) is 18.3 Å². The fraction of sp³-hybridized carbons (Fsp3) is 0.583. The fourth-order valence-corrected chi connectivity index (χ4v) is 1.89. The first-order valence-electron chi connectivity index (χ1n) is 6.04. The molecule has 5 atom stereocenters. The number of methoxy groups -OCH3 is 1. The summed E-state index contributed by atoms with van der Waals surface area (Å²) in [4.78, 5) is 3.93. The van der Waals surface area contributed by atoms with Gasteiger partial charge in [-0.2, -0.15) is 0 Å². The van der Waals surface area contributed by atoms with Gasteiger partial charge in [0.2, 0.25) is 6.29 Å². The number of hydrogen-bond acceptors (Lipinski definition) is 8. The minimum atomic E-state index is -1.50. The van der Waals surface area contributed by atoms with Crippen LogP contribution in [0.1, 0.15) is 0 Å². The van der Waals surface area contributed by atoms with Gasteiger partial charge in [0.25, 0.3) is 5.88 Å². The van der Waals surface area contributed by atoms with Crippen LogP contribution in [0.5, 0.6) is 11.6 Å². The van der Waals surface area contributed by atoms with E-state index in [1.54, 1.807) is 12.1 Å². The lowest BCUT2D eigenvalue weighted by Crippen LogP contribution is -2.60. The summed E-state index contributed by atoms with van der Waals surface area (Å²) in [7, 11) is 1.43. The van der Waals surface area contributed by atoms with Gasteiger partial charge in [-0.1, -0.05) is 0 Å². The van der Waals surface area contributed by atoms with Crippen molar-refractivity contribution >= 4 is 0 Å². The van der Waals surface area contributed by atoms with Gasteiger partial charge in [-0.05, 0) is 12.1 Å². The molecule has 8 nitrogen and oxygen atoms in total. The molecule has 4 N–H and O–H groups in total. The number of pyridine rings is 1. The number of hydrogen-bond donors (Lipinski definition) is 4. The molecule has 1 aliphatic heterocycles. The molecule has 8 heteroatoms. The Labute approximate surface area is 115 Å². The van der Waals surface area contributed by atoms with Gasteiger partial charge in [-0.3, -0.25) is 0 Å². The molecule has 2 heterocycles. The van der Waals surface area contributed by atoms with Gasteiger partial charge in [-0.25, -0.2) is 4.98 Å². The van der Waals surface area contributed by atoms with Gasteiger partial charge >= 0.3 is 0 Å². The molecule has 0 aromatic carbocycles. The maximum Gasteiger partial charge on any atom is 0.259 e. The maximum absolute atomic E-state index is 9.84. The molecule has 0 radical (unpaired) electrons. The smallest absolute Gasteiger partial charge is 0.259 e. The molecule has 1 saturated heterocycles. The lowest BCUT2D eigenvalue weighted by molar-refractivity contribution is -0.278. The monoisotopic (exact) mass is 287 g/mol. The van der Waals surface area contributed by atoms with Crippen LogP contribution in [0.2, 0.25) is 0 Å². The van der Waals surface area contributed by atoms with Crippen molar-refractivity contribution in [3.8, 4) is 11.6 Å². The predicted octanol–water partition coefficient (Wildman–Crippen LogP) is -1.73. The Hall–Kier alpha value is -1.45. The van der Waals surface area contributed by atoms with Gasteiger partial charge in [0.05, 0.1) is 13.7 Å². The molecule has 112 valence electrons. The Bertz CT molecular complexity index is 442. The molecule has 0 amide bonds. The molecular weight excluding hydrogens is 270 g/mol. The molecule has 0 bridgehead atoms. The number of aromatic nitrogens is 1. The second-order valence-corrected chi connectivity index (χ2v) is 4.33. The van der Waals surface area contributed by atoms with E-state index in [9.17, 15) is 15.3 Å². The topological polar surface area (TPSA) is 122 Å². The minimum Gasteiger partial charge on any atom is -0.491 e. The Morgan fingerprint density at radius 3 is 2.65 bits per heavy atom. The van der Waals surface area contributed by atoms with Crippen LogP contribution in [0.4, 0.5) is 0 Å². The minimum absolute atomic E-state index is 0.0688. The summed E-state index contributed by atoms with van der Waals surface area (Å²) in [5, 5.41) is 38.2. The average molecular weight is 287 g/mol. The zero-order valence-electron chi connectivity index (χ0n) is 10.8. The van der Waals surface area contributed by atoms with Gasteiger partial charge in [0.15, 0.2) is 5.75 Å². The highest BCUT2D eigenvalue weighted by atomic mass is 16.7. The highest BCUT2D eigenvalue weighted by Gasteiger charge is 2.45. The highest BCUT2D eigenvalue weighted by molar-refractivity contribution is 5.32. The molecular formula is C12H17NO7. The summed E-state index contributed by atoms with van der Waals surface area (Å²) < 4.78 is 15.6. The summed E-state index contributed by atoms with van der Waals surface area (Å²) in [6.45, 7) is -0.524. The van der Waals surface area contributed by atoms with Crippen molar-refractivity contribution in [1.82, 2.24) is 4.98 Å². The average Bonchev–Trinajstić information content (AvgIpc) is 2.48. The van der Waals surface area contributed by atoms with Crippen molar-refractivity contribution in [2.24, 2.45) is 0 Å². The van der Waals surface area contributed by atoms with Crippen molar-refractivity contribution < 1.29 is 34.6 Å². The van der Waals surface area contributed by atoms with E-state index in [4.69, 9.17) is 19.3 Å². The Morgan fingerprint density at radius 2 is 2.00 bits per heavy atom. The van der Waals surface area contributed by atoms with Crippen LogP contribution in [0, 0.1) is 0 Å². The van der Waals surface area contributed by atoms with Crippen molar-refractivity contribution in [2.45, 2.75) is 30.7 Å². The van der Waals surface area contributed by atoms with Crippen LogP contribution in [-0.2, 0) is 4.74 Å². The molecule has 0 aliphatic carbocycles. The third-order valence-corrected chi connectivity index (χ3v) is 3.03. The zero-order chi connectivity index (χ0) is 14.7. The predicted molar refractivity (Wildman–Crippen MR) is 65.2 cm³/mol. The van der Waals surface area contributed by atoms with Crippen LogP contribution in [0.3, 0.4) is 0 Å². The Morgan fingerprint density at radius 1 is 1.25 bits per heavy atom.